The largest absolute Gasteiger partial charge is 0.492 e. The molecule has 1 aliphatic heterocycles. The standard InChI is InChI=1S/C20H17BF3N3O3/c1-19(2)15-7-4-12(10-17(15)21(29)30-19)26-18(28)14-6-5-13(27-9-3-8-25-27)11-16(14)20(22,23)24/h3-11,29H,1-2H3,(H,26,28). The molecule has 154 valence electrons. The minimum Gasteiger partial charge on any atom is -0.423 e. The lowest BCUT2D eigenvalue weighted by molar-refractivity contribution is -0.137. The van der Waals surface area contributed by atoms with Crippen molar-refractivity contribution in [1.82, 2.24) is 9.78 Å². The first-order chi connectivity index (χ1) is 14.1. The second kappa shape index (κ2) is 7.00. The van der Waals surface area contributed by atoms with Crippen molar-refractivity contribution < 1.29 is 27.6 Å². The summed E-state index contributed by atoms with van der Waals surface area (Å²) in [5.41, 5.74) is -0.652. The third-order valence-corrected chi connectivity index (χ3v) is 4.95. The van der Waals surface area contributed by atoms with Crippen LogP contribution in [-0.4, -0.2) is 27.8 Å². The smallest absolute Gasteiger partial charge is 0.423 e. The molecule has 0 unspecified atom stereocenters. The van der Waals surface area contributed by atoms with Gasteiger partial charge in [-0.25, -0.2) is 4.68 Å². The summed E-state index contributed by atoms with van der Waals surface area (Å²) < 4.78 is 47.6. The summed E-state index contributed by atoms with van der Waals surface area (Å²) in [5, 5.41) is 16.5. The fraction of sp³-hybridized carbons (Fsp3) is 0.200. The van der Waals surface area contributed by atoms with Gasteiger partial charge in [0.15, 0.2) is 0 Å². The summed E-state index contributed by atoms with van der Waals surface area (Å²) in [7, 11) is -1.18. The van der Waals surface area contributed by atoms with Gasteiger partial charge in [0, 0.05) is 18.1 Å². The van der Waals surface area contributed by atoms with E-state index >= 15 is 0 Å². The highest BCUT2D eigenvalue weighted by atomic mass is 19.4. The van der Waals surface area contributed by atoms with Crippen molar-refractivity contribution in [1.29, 1.82) is 0 Å². The van der Waals surface area contributed by atoms with E-state index in [9.17, 15) is 23.0 Å². The number of hydrogen-bond donors (Lipinski definition) is 2. The third-order valence-electron chi connectivity index (χ3n) is 4.95. The quantitative estimate of drug-likeness (QED) is 0.645. The summed E-state index contributed by atoms with van der Waals surface area (Å²) in [5.74, 6) is -0.915. The van der Waals surface area contributed by atoms with E-state index in [1.165, 1.54) is 29.2 Å². The Morgan fingerprint density at radius 3 is 2.67 bits per heavy atom. The maximum absolute atomic E-state index is 13.6. The number of alkyl halides is 3. The van der Waals surface area contributed by atoms with Crippen molar-refractivity contribution in [3.05, 3.63) is 71.5 Å². The normalized spacial score (nSPS) is 15.2. The van der Waals surface area contributed by atoms with Gasteiger partial charge in [-0.3, -0.25) is 4.79 Å². The molecule has 1 aromatic heterocycles. The van der Waals surface area contributed by atoms with Gasteiger partial charge in [-0.15, -0.1) is 0 Å². The average Bonchev–Trinajstić information content (AvgIpc) is 3.27. The summed E-state index contributed by atoms with van der Waals surface area (Å²) in [6.07, 6.45) is -1.78. The zero-order valence-corrected chi connectivity index (χ0v) is 16.1. The number of nitrogens with zero attached hydrogens (tertiary/aromatic N) is 2. The van der Waals surface area contributed by atoms with Crippen LogP contribution in [0.5, 0.6) is 0 Å². The minimum absolute atomic E-state index is 0.184. The maximum atomic E-state index is 13.6. The molecule has 1 aliphatic rings. The number of aromatic nitrogens is 2. The lowest BCUT2D eigenvalue weighted by Gasteiger charge is -2.19. The molecule has 0 fully saturated rings. The van der Waals surface area contributed by atoms with Crippen molar-refractivity contribution in [3.63, 3.8) is 0 Å². The van der Waals surface area contributed by atoms with Gasteiger partial charge in [-0.2, -0.15) is 18.3 Å². The summed E-state index contributed by atoms with van der Waals surface area (Å²) in [6, 6.07) is 9.70. The maximum Gasteiger partial charge on any atom is 0.492 e. The molecule has 0 saturated carbocycles. The molecule has 30 heavy (non-hydrogen) atoms. The van der Waals surface area contributed by atoms with E-state index in [2.05, 4.69) is 10.4 Å². The topological polar surface area (TPSA) is 76.4 Å². The highest BCUT2D eigenvalue weighted by molar-refractivity contribution is 6.62. The second-order valence-corrected chi connectivity index (χ2v) is 7.41. The van der Waals surface area contributed by atoms with Gasteiger partial charge in [0.2, 0.25) is 0 Å². The molecule has 0 saturated heterocycles. The van der Waals surface area contributed by atoms with E-state index in [-0.39, 0.29) is 11.4 Å². The first kappa shape index (κ1) is 20.2. The van der Waals surface area contributed by atoms with E-state index in [0.29, 0.717) is 5.46 Å². The Labute approximate surface area is 170 Å². The second-order valence-electron chi connectivity index (χ2n) is 7.41. The molecule has 0 bridgehead atoms. The van der Waals surface area contributed by atoms with Crippen molar-refractivity contribution in [2.75, 3.05) is 5.32 Å². The molecule has 2 N–H and O–H groups in total. The van der Waals surface area contributed by atoms with Crippen LogP contribution in [0.25, 0.3) is 5.69 Å². The predicted molar refractivity (Wildman–Crippen MR) is 105 cm³/mol. The number of carbonyl (C=O) groups excluding carboxylic acids is 1. The molecule has 0 atom stereocenters. The summed E-state index contributed by atoms with van der Waals surface area (Å²) >= 11 is 0. The molecule has 0 spiro atoms. The zero-order chi connectivity index (χ0) is 21.7. The first-order valence-electron chi connectivity index (χ1n) is 9.09. The lowest BCUT2D eigenvalue weighted by Crippen LogP contribution is -2.29. The van der Waals surface area contributed by atoms with E-state index in [1.807, 2.05) is 0 Å². The molecule has 2 aromatic carbocycles. The van der Waals surface area contributed by atoms with E-state index in [4.69, 9.17) is 4.65 Å². The Kier molecular flexibility index (Phi) is 4.71. The third kappa shape index (κ3) is 3.59. The SMILES string of the molecule is CC1(C)OB(O)c2cc(NC(=O)c3ccc(-n4cccn4)cc3C(F)(F)F)ccc21. The molecule has 10 heteroatoms. The number of amides is 1. The molecule has 6 nitrogen and oxygen atoms in total. The van der Waals surface area contributed by atoms with Crippen LogP contribution in [0.3, 0.4) is 0 Å². The Morgan fingerprint density at radius 2 is 2.00 bits per heavy atom. The fourth-order valence-electron chi connectivity index (χ4n) is 3.53. The Balaban J connectivity index is 1.66. The van der Waals surface area contributed by atoms with Crippen molar-refractivity contribution >= 4 is 24.2 Å². The zero-order valence-electron chi connectivity index (χ0n) is 16.1. The van der Waals surface area contributed by atoms with Crippen LogP contribution in [0, 0.1) is 0 Å². The van der Waals surface area contributed by atoms with Gasteiger partial charge in [-0.05, 0) is 61.3 Å². The van der Waals surface area contributed by atoms with Gasteiger partial charge in [0.1, 0.15) is 0 Å². The van der Waals surface area contributed by atoms with Gasteiger partial charge in [-0.1, -0.05) is 6.07 Å². The number of anilines is 1. The van der Waals surface area contributed by atoms with Crippen molar-refractivity contribution in [2.24, 2.45) is 0 Å². The number of hydrogen-bond acceptors (Lipinski definition) is 4. The number of fused-ring (bicyclic) bond motifs is 1. The number of halogens is 3. The van der Waals surface area contributed by atoms with Crippen LogP contribution >= 0.6 is 0 Å². The molecule has 0 radical (unpaired) electrons. The van der Waals surface area contributed by atoms with Gasteiger partial charge < -0.3 is 15.0 Å². The molecular weight excluding hydrogens is 398 g/mol. The molecule has 3 aromatic rings. The summed E-state index contributed by atoms with van der Waals surface area (Å²) in [6.45, 7) is 3.58. The van der Waals surface area contributed by atoms with Crippen molar-refractivity contribution in [3.8, 4) is 5.69 Å². The highest BCUT2D eigenvalue weighted by Gasteiger charge is 2.41. The number of nitrogens with one attached hydrogen (secondary N) is 1. The fourth-order valence-corrected chi connectivity index (χ4v) is 3.53. The van der Waals surface area contributed by atoms with Crippen LogP contribution < -0.4 is 10.8 Å². The highest BCUT2D eigenvalue weighted by Crippen LogP contribution is 2.34. The summed E-state index contributed by atoms with van der Waals surface area (Å²) in [4.78, 5) is 12.7. The molecule has 1 amide bonds. The Bertz CT molecular complexity index is 1110. The lowest BCUT2D eigenvalue weighted by atomic mass is 9.78. The molecule has 4 rings (SSSR count). The minimum atomic E-state index is -4.73. The number of carbonyl (C=O) groups is 1. The van der Waals surface area contributed by atoms with Crippen LogP contribution in [0.1, 0.15) is 35.3 Å². The predicted octanol–water partition coefficient (Wildman–Crippen LogP) is 3.10. The first-order valence-corrected chi connectivity index (χ1v) is 9.09. The van der Waals surface area contributed by atoms with Gasteiger partial charge >= 0.3 is 13.3 Å². The number of benzene rings is 2. The van der Waals surface area contributed by atoms with Crippen LogP contribution in [0.15, 0.2) is 54.9 Å². The van der Waals surface area contributed by atoms with E-state index in [0.717, 1.165) is 17.7 Å². The van der Waals surface area contributed by atoms with Crippen LogP contribution in [0.2, 0.25) is 0 Å². The van der Waals surface area contributed by atoms with Crippen LogP contribution in [-0.2, 0) is 16.4 Å². The Morgan fingerprint density at radius 1 is 1.23 bits per heavy atom. The van der Waals surface area contributed by atoms with Gasteiger partial charge in [0.05, 0.1) is 22.4 Å². The Hall–Kier alpha value is -3.11. The van der Waals surface area contributed by atoms with Crippen molar-refractivity contribution in [2.45, 2.75) is 25.6 Å². The van der Waals surface area contributed by atoms with E-state index in [1.54, 1.807) is 32.0 Å². The molecule has 0 aliphatic carbocycles. The molecule has 2 heterocycles. The monoisotopic (exact) mass is 415 g/mol. The average molecular weight is 415 g/mol. The number of rotatable bonds is 3. The van der Waals surface area contributed by atoms with E-state index < -0.39 is 35.9 Å². The van der Waals surface area contributed by atoms with Gasteiger partial charge in [0.25, 0.3) is 5.91 Å². The molecular formula is C20H17BF3N3O3. The van der Waals surface area contributed by atoms with Crippen LogP contribution in [0.4, 0.5) is 18.9 Å².